The molecule has 0 atom stereocenters. The molecule has 0 aliphatic rings. The lowest BCUT2D eigenvalue weighted by Gasteiger charge is -2.01. The molecule has 2 aromatic heterocycles. The minimum atomic E-state index is -3.42. The van der Waals surface area contributed by atoms with Crippen LogP contribution in [-0.4, -0.2) is 30.2 Å². The highest BCUT2D eigenvalue weighted by molar-refractivity contribution is 7.87. The van der Waals surface area contributed by atoms with Gasteiger partial charge in [0.05, 0.1) is 12.2 Å². The summed E-state index contributed by atoms with van der Waals surface area (Å²) in [6.07, 6.45) is 1.83. The lowest BCUT2D eigenvalue weighted by molar-refractivity contribution is 0.572. The average Bonchev–Trinajstić information content (AvgIpc) is 2.95. The van der Waals surface area contributed by atoms with E-state index in [0.717, 1.165) is 10.7 Å². The van der Waals surface area contributed by atoms with Crippen LogP contribution in [0.15, 0.2) is 17.6 Å². The third-order valence-electron chi connectivity index (χ3n) is 2.20. The Labute approximate surface area is 109 Å². The monoisotopic (exact) mass is 287 g/mol. The van der Waals surface area contributed by atoms with Gasteiger partial charge in [0.1, 0.15) is 10.7 Å². The molecule has 0 bridgehead atoms. The van der Waals surface area contributed by atoms with E-state index in [2.05, 4.69) is 19.5 Å². The van der Waals surface area contributed by atoms with Gasteiger partial charge in [0.2, 0.25) is 0 Å². The Hall–Kier alpha value is -1.29. The molecule has 18 heavy (non-hydrogen) atoms. The second-order valence-electron chi connectivity index (χ2n) is 3.55. The van der Waals surface area contributed by atoms with Gasteiger partial charge in [0.25, 0.3) is 10.2 Å². The van der Waals surface area contributed by atoms with E-state index in [0.29, 0.717) is 5.69 Å². The summed E-state index contributed by atoms with van der Waals surface area (Å²) in [5.41, 5.74) is 1.45. The van der Waals surface area contributed by atoms with Crippen molar-refractivity contribution in [3.8, 4) is 10.7 Å². The number of nitrogens with zero attached hydrogens (tertiary/aromatic N) is 3. The lowest BCUT2D eigenvalue weighted by atomic mass is 10.4. The predicted molar refractivity (Wildman–Crippen MR) is 69.1 cm³/mol. The van der Waals surface area contributed by atoms with Crippen LogP contribution in [-0.2, 0) is 23.8 Å². The molecule has 0 aliphatic carbocycles. The van der Waals surface area contributed by atoms with Crippen LogP contribution in [0.2, 0.25) is 0 Å². The fourth-order valence-corrected chi connectivity index (χ4v) is 2.54. The number of aromatic nitrogens is 3. The number of aryl methyl sites for hydroxylation is 1. The average molecular weight is 287 g/mol. The summed E-state index contributed by atoms with van der Waals surface area (Å²) in [6.45, 7) is 0.159. The second kappa shape index (κ2) is 5.14. The maximum Gasteiger partial charge on any atom is 0.277 e. The van der Waals surface area contributed by atoms with E-state index in [4.69, 9.17) is 0 Å². The molecule has 98 valence electrons. The Balaban J connectivity index is 2.07. The summed E-state index contributed by atoms with van der Waals surface area (Å²) in [5.74, 6) is 0. The fourth-order valence-electron chi connectivity index (χ4n) is 1.28. The highest BCUT2D eigenvalue weighted by atomic mass is 32.2. The van der Waals surface area contributed by atoms with Crippen molar-refractivity contribution in [2.45, 2.75) is 6.54 Å². The number of hydrogen-bond donors (Lipinski definition) is 2. The largest absolute Gasteiger partial charge is 0.277 e. The van der Waals surface area contributed by atoms with Gasteiger partial charge in [-0.3, -0.25) is 4.68 Å². The Morgan fingerprint density at radius 2 is 2.28 bits per heavy atom. The van der Waals surface area contributed by atoms with E-state index in [1.807, 2.05) is 24.7 Å². The van der Waals surface area contributed by atoms with Crippen LogP contribution in [0.1, 0.15) is 5.69 Å². The molecule has 0 radical (unpaired) electrons. The van der Waals surface area contributed by atoms with Crippen molar-refractivity contribution < 1.29 is 8.42 Å². The molecule has 0 unspecified atom stereocenters. The van der Waals surface area contributed by atoms with E-state index in [1.165, 1.54) is 18.4 Å². The molecule has 2 N–H and O–H groups in total. The zero-order valence-corrected chi connectivity index (χ0v) is 11.5. The topological polar surface area (TPSA) is 88.9 Å². The second-order valence-corrected chi connectivity index (χ2v) is 6.11. The van der Waals surface area contributed by atoms with Gasteiger partial charge in [-0.25, -0.2) is 9.71 Å². The van der Waals surface area contributed by atoms with Crippen molar-refractivity contribution in [3.63, 3.8) is 0 Å². The minimum Gasteiger partial charge on any atom is -0.275 e. The van der Waals surface area contributed by atoms with Crippen LogP contribution in [0.5, 0.6) is 0 Å². The molecular weight excluding hydrogens is 274 g/mol. The maximum atomic E-state index is 11.2. The first kappa shape index (κ1) is 13.1. The Morgan fingerprint density at radius 3 is 2.89 bits per heavy atom. The van der Waals surface area contributed by atoms with Crippen molar-refractivity contribution >= 4 is 21.5 Å². The molecular formula is C9H13N5O2S2. The normalized spacial score (nSPS) is 11.9. The van der Waals surface area contributed by atoms with Crippen molar-refractivity contribution in [1.29, 1.82) is 0 Å². The number of rotatable bonds is 5. The first-order valence-corrected chi connectivity index (χ1v) is 7.49. The van der Waals surface area contributed by atoms with Crippen molar-refractivity contribution in [2.24, 2.45) is 7.05 Å². The van der Waals surface area contributed by atoms with E-state index in [9.17, 15) is 8.42 Å². The smallest absolute Gasteiger partial charge is 0.275 e. The highest BCUT2D eigenvalue weighted by Crippen LogP contribution is 2.21. The Kier molecular flexibility index (Phi) is 3.76. The first-order chi connectivity index (χ1) is 8.50. The quantitative estimate of drug-likeness (QED) is 0.816. The summed E-state index contributed by atoms with van der Waals surface area (Å²) in [7, 11) is -0.242. The van der Waals surface area contributed by atoms with E-state index >= 15 is 0 Å². The molecule has 2 aromatic rings. The fraction of sp³-hybridized carbons (Fsp3) is 0.333. The van der Waals surface area contributed by atoms with Gasteiger partial charge >= 0.3 is 0 Å². The SMILES string of the molecule is CNS(=O)(=O)NCc1csc(-c2ccn(C)n2)n1. The predicted octanol–water partition coefficient (Wildman–Crippen LogP) is 0.0974. The molecule has 0 saturated heterocycles. The van der Waals surface area contributed by atoms with E-state index in [1.54, 1.807) is 4.68 Å². The van der Waals surface area contributed by atoms with Crippen LogP contribution in [0.4, 0.5) is 0 Å². The Morgan fingerprint density at radius 1 is 1.50 bits per heavy atom. The molecule has 0 aromatic carbocycles. The van der Waals surface area contributed by atoms with Gasteiger partial charge < -0.3 is 0 Å². The van der Waals surface area contributed by atoms with Crippen LogP contribution in [0.3, 0.4) is 0 Å². The summed E-state index contributed by atoms with van der Waals surface area (Å²) < 4.78 is 28.6. The molecule has 0 aliphatic heterocycles. The minimum absolute atomic E-state index is 0.159. The molecule has 2 rings (SSSR count). The molecule has 9 heteroatoms. The van der Waals surface area contributed by atoms with E-state index in [-0.39, 0.29) is 6.54 Å². The van der Waals surface area contributed by atoms with Crippen LogP contribution >= 0.6 is 11.3 Å². The summed E-state index contributed by atoms with van der Waals surface area (Å²) >= 11 is 1.43. The zero-order valence-electron chi connectivity index (χ0n) is 9.91. The Bertz CT molecular complexity index is 631. The molecule has 7 nitrogen and oxygen atoms in total. The van der Waals surface area contributed by atoms with Gasteiger partial charge in [0.15, 0.2) is 0 Å². The number of thiazole rings is 1. The van der Waals surface area contributed by atoms with Gasteiger partial charge in [0, 0.05) is 25.7 Å². The maximum absolute atomic E-state index is 11.2. The van der Waals surface area contributed by atoms with Gasteiger partial charge in [-0.1, -0.05) is 0 Å². The van der Waals surface area contributed by atoms with Crippen molar-refractivity contribution in [1.82, 2.24) is 24.2 Å². The number of nitrogens with one attached hydrogen (secondary N) is 2. The number of hydrogen-bond acceptors (Lipinski definition) is 5. The van der Waals surface area contributed by atoms with Crippen LogP contribution < -0.4 is 9.44 Å². The molecule has 0 saturated carbocycles. The molecule has 0 fully saturated rings. The summed E-state index contributed by atoms with van der Waals surface area (Å²) in [5, 5.41) is 6.81. The van der Waals surface area contributed by atoms with Gasteiger partial charge in [-0.2, -0.15) is 18.2 Å². The summed E-state index contributed by atoms with van der Waals surface area (Å²) in [4.78, 5) is 4.32. The highest BCUT2D eigenvalue weighted by Gasteiger charge is 2.10. The third-order valence-corrected chi connectivity index (χ3v) is 4.17. The first-order valence-electron chi connectivity index (χ1n) is 5.13. The lowest BCUT2D eigenvalue weighted by Crippen LogP contribution is -2.33. The summed E-state index contributed by atoms with van der Waals surface area (Å²) in [6, 6.07) is 1.86. The van der Waals surface area contributed by atoms with Crippen molar-refractivity contribution in [3.05, 3.63) is 23.3 Å². The zero-order chi connectivity index (χ0) is 13.2. The standard InChI is InChI=1S/C9H13N5O2S2/c1-10-18(15,16)11-5-7-6-17-9(12-7)8-3-4-14(2)13-8/h3-4,6,10-11H,5H2,1-2H3. The van der Waals surface area contributed by atoms with Gasteiger partial charge in [-0.05, 0) is 6.07 Å². The third kappa shape index (κ3) is 3.13. The van der Waals surface area contributed by atoms with Gasteiger partial charge in [-0.15, -0.1) is 11.3 Å². The van der Waals surface area contributed by atoms with Crippen LogP contribution in [0, 0.1) is 0 Å². The molecule has 0 amide bonds. The van der Waals surface area contributed by atoms with Crippen molar-refractivity contribution in [2.75, 3.05) is 7.05 Å². The molecule has 2 heterocycles. The molecule has 0 spiro atoms. The van der Waals surface area contributed by atoms with Crippen LogP contribution in [0.25, 0.3) is 10.7 Å². The van der Waals surface area contributed by atoms with E-state index < -0.39 is 10.2 Å².